The number of ether oxygens (including phenoxy) is 3. The Kier molecular flexibility index (Phi) is 7.56. The molecule has 1 aliphatic carbocycles. The highest BCUT2D eigenvalue weighted by molar-refractivity contribution is 5.97. The molecule has 0 bridgehead atoms. The van der Waals surface area contributed by atoms with Crippen LogP contribution in [0, 0.1) is 5.82 Å². The largest absolute Gasteiger partial charge is 0.490 e. The summed E-state index contributed by atoms with van der Waals surface area (Å²) in [4.78, 5) is 30.6. The van der Waals surface area contributed by atoms with Gasteiger partial charge in [-0.05, 0) is 81.5 Å². The maximum Gasteiger partial charge on any atom is 0.231 e. The molecular weight excluding hydrogens is 551 g/mol. The predicted molar refractivity (Wildman–Crippen MR) is 158 cm³/mol. The van der Waals surface area contributed by atoms with E-state index in [-0.39, 0.29) is 37.0 Å². The number of ketones is 1. The Bertz CT molecular complexity index is 1610. The van der Waals surface area contributed by atoms with Gasteiger partial charge in [-0.15, -0.1) is 0 Å². The van der Waals surface area contributed by atoms with Gasteiger partial charge in [-0.2, -0.15) is 0 Å². The van der Waals surface area contributed by atoms with Gasteiger partial charge in [0.05, 0.1) is 25.0 Å². The average Bonchev–Trinajstić information content (AvgIpc) is 3.76. The fraction of sp³-hybridized carbons (Fsp3) is 0.382. The number of carbonyl (C=O) groups is 2. The summed E-state index contributed by atoms with van der Waals surface area (Å²) in [5.74, 6) is -0.0612. The van der Waals surface area contributed by atoms with Crippen molar-refractivity contribution in [1.82, 2.24) is 4.98 Å². The van der Waals surface area contributed by atoms with Gasteiger partial charge in [-0.3, -0.25) is 9.59 Å². The number of amides is 1. The summed E-state index contributed by atoms with van der Waals surface area (Å²) < 4.78 is 31.2. The van der Waals surface area contributed by atoms with E-state index in [4.69, 9.17) is 24.9 Å². The minimum absolute atomic E-state index is 0.0167. The lowest BCUT2D eigenvalue weighted by Crippen LogP contribution is -2.40. The monoisotopic (exact) mass is 586 g/mol. The Balaban J connectivity index is 1.28. The summed E-state index contributed by atoms with van der Waals surface area (Å²) in [5, 5.41) is 11.7. The molecule has 43 heavy (non-hydrogen) atoms. The molecule has 1 aromatic heterocycles. The molecule has 8 nitrogen and oxygen atoms in total. The minimum Gasteiger partial charge on any atom is -0.490 e. The van der Waals surface area contributed by atoms with Crippen LogP contribution in [0.4, 0.5) is 4.39 Å². The second-order valence-corrected chi connectivity index (χ2v) is 12.0. The van der Waals surface area contributed by atoms with Crippen LogP contribution in [0.2, 0.25) is 0 Å². The molecule has 0 spiro atoms. The fourth-order valence-electron chi connectivity index (χ4n) is 5.49. The second-order valence-electron chi connectivity index (χ2n) is 12.0. The topological polar surface area (TPSA) is 121 Å². The molecule has 0 unspecified atom stereocenters. The molecule has 6 rings (SSSR count). The highest BCUT2D eigenvalue weighted by Crippen LogP contribution is 2.46. The van der Waals surface area contributed by atoms with Crippen molar-refractivity contribution in [2.75, 3.05) is 19.8 Å². The maximum absolute atomic E-state index is 13.7. The van der Waals surface area contributed by atoms with Crippen LogP contribution in [0.15, 0.2) is 54.6 Å². The van der Waals surface area contributed by atoms with E-state index in [0.29, 0.717) is 47.1 Å². The van der Waals surface area contributed by atoms with E-state index < -0.39 is 22.7 Å². The van der Waals surface area contributed by atoms with Crippen LogP contribution >= 0.6 is 0 Å². The van der Waals surface area contributed by atoms with Gasteiger partial charge in [0, 0.05) is 28.7 Å². The van der Waals surface area contributed by atoms with E-state index in [1.54, 1.807) is 44.2 Å². The van der Waals surface area contributed by atoms with Crippen molar-refractivity contribution >= 4 is 17.3 Å². The molecule has 1 saturated carbocycles. The number of benzene rings is 2. The van der Waals surface area contributed by atoms with Gasteiger partial charge in [0.2, 0.25) is 5.91 Å². The van der Waals surface area contributed by atoms with E-state index in [0.717, 1.165) is 30.4 Å². The number of rotatable bonds is 10. The average molecular weight is 587 g/mol. The first-order valence-electron chi connectivity index (χ1n) is 14.6. The van der Waals surface area contributed by atoms with Gasteiger partial charge in [-0.25, -0.2) is 9.37 Å². The Hall–Kier alpha value is -4.08. The lowest BCUT2D eigenvalue weighted by atomic mass is 9.81. The number of pyridine rings is 1. The van der Waals surface area contributed by atoms with Crippen molar-refractivity contribution in [1.29, 1.82) is 0 Å². The number of primary amides is 1. The van der Waals surface area contributed by atoms with Gasteiger partial charge in [-0.1, -0.05) is 18.2 Å². The summed E-state index contributed by atoms with van der Waals surface area (Å²) in [6.45, 7) is 4.48. The number of nitrogens with two attached hydrogens (primary N) is 1. The number of hydrogen-bond donors (Lipinski definition) is 2. The third-order valence-electron chi connectivity index (χ3n) is 8.56. The molecule has 3 aromatic rings. The van der Waals surface area contributed by atoms with Crippen LogP contribution < -0.4 is 15.2 Å². The third-order valence-corrected chi connectivity index (χ3v) is 8.56. The molecule has 2 aliphatic heterocycles. The molecule has 3 N–H and O–H groups in total. The summed E-state index contributed by atoms with van der Waals surface area (Å²) in [6, 6.07) is 12.9. The normalized spacial score (nSPS) is 20.9. The van der Waals surface area contributed by atoms with Crippen molar-refractivity contribution in [3.63, 3.8) is 0 Å². The van der Waals surface area contributed by atoms with E-state index >= 15 is 0 Å². The first-order valence-corrected chi connectivity index (χ1v) is 14.6. The molecular formula is C34H35FN2O6. The number of Topliss-reactive ketones (excluding diaryl/α,β-unsaturated/α-hetero) is 1. The first-order chi connectivity index (χ1) is 20.5. The maximum atomic E-state index is 13.7. The van der Waals surface area contributed by atoms with E-state index in [1.807, 2.05) is 6.07 Å². The molecule has 2 aromatic carbocycles. The lowest BCUT2D eigenvalue weighted by molar-refractivity contribution is -0.123. The minimum atomic E-state index is -1.54. The van der Waals surface area contributed by atoms with Gasteiger partial charge in [0.15, 0.2) is 5.78 Å². The number of nitrogens with zero attached hydrogens (tertiary/aromatic N) is 1. The summed E-state index contributed by atoms with van der Waals surface area (Å²) in [7, 11) is 0. The van der Waals surface area contributed by atoms with Crippen molar-refractivity contribution in [2.45, 2.75) is 63.1 Å². The second kappa shape index (κ2) is 11.2. The molecule has 224 valence electrons. The fourth-order valence-corrected chi connectivity index (χ4v) is 5.49. The molecule has 3 aliphatic rings. The van der Waals surface area contributed by atoms with Crippen LogP contribution in [-0.2, 0) is 20.5 Å². The van der Waals surface area contributed by atoms with Crippen molar-refractivity contribution < 1.29 is 33.3 Å². The van der Waals surface area contributed by atoms with E-state index in [2.05, 4.69) is 6.08 Å². The first kappa shape index (κ1) is 29.0. The highest BCUT2D eigenvalue weighted by Gasteiger charge is 2.45. The molecule has 1 fully saturated rings. The highest BCUT2D eigenvalue weighted by atomic mass is 19.1. The number of aromatic nitrogens is 1. The van der Waals surface area contributed by atoms with Crippen LogP contribution in [0.5, 0.6) is 11.5 Å². The number of aliphatic hydroxyl groups is 1. The van der Waals surface area contributed by atoms with Crippen molar-refractivity contribution in [3.8, 4) is 22.8 Å². The number of hydrogen-bond acceptors (Lipinski definition) is 7. The van der Waals surface area contributed by atoms with Gasteiger partial charge >= 0.3 is 0 Å². The van der Waals surface area contributed by atoms with Crippen LogP contribution in [0.1, 0.15) is 73.1 Å². The zero-order valence-corrected chi connectivity index (χ0v) is 24.3. The van der Waals surface area contributed by atoms with E-state index in [9.17, 15) is 19.1 Å². The molecule has 2 atom stereocenters. The Morgan fingerprint density at radius 1 is 1.19 bits per heavy atom. The predicted octanol–water partition coefficient (Wildman–Crippen LogP) is 5.24. The molecule has 3 heterocycles. The smallest absolute Gasteiger partial charge is 0.231 e. The lowest BCUT2D eigenvalue weighted by Gasteiger charge is -2.26. The summed E-state index contributed by atoms with van der Waals surface area (Å²) >= 11 is 0. The van der Waals surface area contributed by atoms with Crippen LogP contribution in [-0.4, -0.2) is 47.7 Å². The Morgan fingerprint density at radius 3 is 2.63 bits per heavy atom. The zero-order valence-electron chi connectivity index (χ0n) is 24.3. The van der Waals surface area contributed by atoms with E-state index in [1.165, 1.54) is 12.1 Å². The number of carbonyl (C=O) groups excluding carboxylic acids is 2. The van der Waals surface area contributed by atoms with Gasteiger partial charge in [0.25, 0.3) is 0 Å². The Labute approximate surface area is 249 Å². The third kappa shape index (κ3) is 5.79. The van der Waals surface area contributed by atoms with Gasteiger partial charge in [0.1, 0.15) is 40.6 Å². The molecule has 0 saturated heterocycles. The summed E-state index contributed by atoms with van der Waals surface area (Å²) in [5.41, 5.74) is 7.39. The summed E-state index contributed by atoms with van der Waals surface area (Å²) in [6.07, 6.45) is 5.10. The van der Waals surface area contributed by atoms with Crippen LogP contribution in [0.3, 0.4) is 0 Å². The molecule has 9 heteroatoms. The Morgan fingerprint density at radius 2 is 1.95 bits per heavy atom. The number of fused-ring (bicyclic) bond motifs is 1. The molecule has 0 radical (unpaired) electrons. The molecule has 1 amide bonds. The zero-order chi connectivity index (χ0) is 30.4. The SMILES string of the molecule is C[C@](O)(CCC(=O)c1ccc(C2=CCOCC2)c(OC2CC2)c1)c1cc2c(c(-c3ccc(F)cc3)n1)OC[C@]2(C)C(N)=O. The van der Waals surface area contributed by atoms with Crippen LogP contribution in [0.25, 0.3) is 16.8 Å². The quantitative estimate of drug-likeness (QED) is 0.312. The van der Waals surface area contributed by atoms with Crippen molar-refractivity contribution in [3.05, 3.63) is 82.8 Å². The van der Waals surface area contributed by atoms with Gasteiger partial charge < -0.3 is 25.1 Å². The van der Waals surface area contributed by atoms with Crippen molar-refractivity contribution in [2.24, 2.45) is 5.73 Å². The number of halogens is 1. The standard InChI is InChI=1S/C34H35FN2O6/c1-33(32(36)39)19-42-31-26(33)18-29(37-30(31)21-3-6-23(35)7-4-21)34(2,40)14-11-27(38)22-5-10-25(20-12-15-41-16-13-20)28(17-22)43-24-8-9-24/h3-7,10,12,17-18,24,40H,8-9,11,13-16,19H2,1-2H3,(H2,36,39)/t33-,34-/m0/s1.